The molecule has 0 bridgehead atoms. The lowest BCUT2D eigenvalue weighted by molar-refractivity contribution is 0.302. The Morgan fingerprint density at radius 1 is 1.30 bits per heavy atom. The largest absolute Gasteiger partial charge is 0.487 e. The van der Waals surface area contributed by atoms with Gasteiger partial charge in [0.05, 0.1) is 11.5 Å². The fourth-order valence-corrected chi connectivity index (χ4v) is 2.94. The minimum Gasteiger partial charge on any atom is -0.487 e. The Balaban J connectivity index is 2.05. The SMILES string of the molecule is CSc1ccccc1OCc1sccc1C#CCCO. The van der Waals surface area contributed by atoms with E-state index in [1.165, 1.54) is 0 Å². The second kappa shape index (κ2) is 8.01. The highest BCUT2D eigenvalue weighted by Crippen LogP contribution is 2.28. The fraction of sp³-hybridized carbons (Fsp3) is 0.250. The molecule has 2 rings (SSSR count). The first-order valence-electron chi connectivity index (χ1n) is 6.27. The van der Waals surface area contributed by atoms with Crippen molar-refractivity contribution in [1.29, 1.82) is 0 Å². The molecule has 0 aliphatic heterocycles. The van der Waals surface area contributed by atoms with Crippen molar-refractivity contribution in [1.82, 2.24) is 0 Å². The van der Waals surface area contributed by atoms with Gasteiger partial charge in [-0.15, -0.1) is 23.1 Å². The number of ether oxygens (including phenoxy) is 1. The predicted molar refractivity (Wildman–Crippen MR) is 85.5 cm³/mol. The van der Waals surface area contributed by atoms with Crippen molar-refractivity contribution < 1.29 is 9.84 Å². The fourth-order valence-electron chi connectivity index (χ4n) is 1.66. The molecule has 2 aromatic rings. The molecule has 0 fully saturated rings. The first kappa shape index (κ1) is 15.0. The van der Waals surface area contributed by atoms with Crippen molar-refractivity contribution in [2.24, 2.45) is 0 Å². The van der Waals surface area contributed by atoms with E-state index in [-0.39, 0.29) is 6.61 Å². The number of para-hydroxylation sites is 1. The molecule has 0 radical (unpaired) electrons. The van der Waals surface area contributed by atoms with Crippen LogP contribution in [-0.2, 0) is 6.61 Å². The molecule has 0 amide bonds. The van der Waals surface area contributed by atoms with Gasteiger partial charge in [-0.3, -0.25) is 0 Å². The Kier molecular flexibility index (Phi) is 6.00. The monoisotopic (exact) mass is 304 g/mol. The molecule has 4 heteroatoms. The van der Waals surface area contributed by atoms with Gasteiger partial charge in [-0.1, -0.05) is 24.0 Å². The van der Waals surface area contributed by atoms with Crippen LogP contribution in [0.4, 0.5) is 0 Å². The summed E-state index contributed by atoms with van der Waals surface area (Å²) in [6.45, 7) is 0.627. The van der Waals surface area contributed by atoms with Gasteiger partial charge in [-0.2, -0.15) is 0 Å². The number of hydrogen-bond donors (Lipinski definition) is 1. The molecule has 1 aromatic carbocycles. The minimum atomic E-state index is 0.101. The average molecular weight is 304 g/mol. The Morgan fingerprint density at radius 3 is 2.95 bits per heavy atom. The third-order valence-electron chi connectivity index (χ3n) is 2.63. The Hall–Kier alpha value is -1.41. The van der Waals surface area contributed by atoms with Gasteiger partial charge in [0.15, 0.2) is 0 Å². The molecule has 0 unspecified atom stereocenters. The second-order valence-electron chi connectivity index (χ2n) is 3.97. The topological polar surface area (TPSA) is 29.5 Å². The Bertz CT molecular complexity index is 608. The van der Waals surface area contributed by atoms with Gasteiger partial charge >= 0.3 is 0 Å². The van der Waals surface area contributed by atoms with Gasteiger partial charge in [0.25, 0.3) is 0 Å². The summed E-state index contributed by atoms with van der Waals surface area (Å²) in [5.41, 5.74) is 0.991. The van der Waals surface area contributed by atoms with E-state index >= 15 is 0 Å². The highest BCUT2D eigenvalue weighted by atomic mass is 32.2. The zero-order valence-electron chi connectivity index (χ0n) is 11.3. The number of aliphatic hydroxyl groups is 1. The van der Waals surface area contributed by atoms with Gasteiger partial charge in [-0.05, 0) is 29.8 Å². The molecule has 0 aliphatic carbocycles. The number of aliphatic hydroxyl groups excluding tert-OH is 1. The predicted octanol–water partition coefficient (Wildman–Crippen LogP) is 3.78. The second-order valence-corrected chi connectivity index (χ2v) is 5.82. The minimum absolute atomic E-state index is 0.101. The molecular weight excluding hydrogens is 288 g/mol. The number of rotatable bonds is 5. The summed E-state index contributed by atoms with van der Waals surface area (Å²) in [6.07, 6.45) is 2.55. The van der Waals surface area contributed by atoms with E-state index in [2.05, 4.69) is 17.9 Å². The van der Waals surface area contributed by atoms with Crippen molar-refractivity contribution in [2.75, 3.05) is 12.9 Å². The number of thioether (sulfide) groups is 1. The third-order valence-corrected chi connectivity index (χ3v) is 4.30. The van der Waals surface area contributed by atoms with Crippen molar-refractivity contribution in [3.8, 4) is 17.6 Å². The normalized spacial score (nSPS) is 9.90. The number of hydrogen-bond acceptors (Lipinski definition) is 4. The average Bonchev–Trinajstić information content (AvgIpc) is 2.93. The van der Waals surface area contributed by atoms with Gasteiger partial charge in [0, 0.05) is 16.9 Å². The number of benzene rings is 1. The van der Waals surface area contributed by atoms with Crippen LogP contribution in [0.15, 0.2) is 40.6 Å². The number of thiophene rings is 1. The molecule has 2 nitrogen and oxygen atoms in total. The molecule has 1 aromatic heterocycles. The molecule has 1 N–H and O–H groups in total. The lowest BCUT2D eigenvalue weighted by Gasteiger charge is -2.09. The summed E-state index contributed by atoms with van der Waals surface area (Å²) in [5.74, 6) is 6.93. The Morgan fingerprint density at radius 2 is 2.15 bits per heavy atom. The van der Waals surface area contributed by atoms with E-state index < -0.39 is 0 Å². The van der Waals surface area contributed by atoms with E-state index in [4.69, 9.17) is 9.84 Å². The van der Waals surface area contributed by atoms with E-state index in [1.54, 1.807) is 23.1 Å². The van der Waals surface area contributed by atoms with Crippen molar-refractivity contribution in [2.45, 2.75) is 17.9 Å². The lowest BCUT2D eigenvalue weighted by Crippen LogP contribution is -1.96. The van der Waals surface area contributed by atoms with E-state index in [1.807, 2.05) is 35.9 Å². The standard InChI is InChI=1S/C16H16O2S2/c1-19-15-8-3-2-7-14(15)18-12-16-13(9-11-20-16)6-4-5-10-17/h2-3,7-9,11,17H,5,10,12H2,1H3. The molecule has 0 saturated carbocycles. The van der Waals surface area contributed by atoms with Crippen LogP contribution >= 0.6 is 23.1 Å². The van der Waals surface area contributed by atoms with Gasteiger partial charge in [-0.25, -0.2) is 0 Å². The summed E-state index contributed by atoms with van der Waals surface area (Å²) in [4.78, 5) is 2.25. The van der Waals surface area contributed by atoms with Crippen LogP contribution in [0.5, 0.6) is 5.75 Å². The molecular formula is C16H16O2S2. The van der Waals surface area contributed by atoms with Crippen LogP contribution < -0.4 is 4.74 Å². The molecule has 0 saturated heterocycles. The molecule has 104 valence electrons. The maximum atomic E-state index is 8.75. The van der Waals surface area contributed by atoms with Crippen molar-refractivity contribution >= 4 is 23.1 Å². The van der Waals surface area contributed by atoms with Crippen LogP contribution in [0, 0.1) is 11.8 Å². The zero-order chi connectivity index (χ0) is 14.2. The van der Waals surface area contributed by atoms with Crippen LogP contribution in [0.3, 0.4) is 0 Å². The van der Waals surface area contributed by atoms with Crippen LogP contribution in [0.25, 0.3) is 0 Å². The van der Waals surface area contributed by atoms with Crippen LogP contribution in [-0.4, -0.2) is 18.0 Å². The summed E-state index contributed by atoms with van der Waals surface area (Å²) < 4.78 is 5.89. The summed E-state index contributed by atoms with van der Waals surface area (Å²) in [6, 6.07) is 10.0. The lowest BCUT2D eigenvalue weighted by atomic mass is 10.2. The highest BCUT2D eigenvalue weighted by molar-refractivity contribution is 7.98. The Labute approximate surface area is 127 Å². The van der Waals surface area contributed by atoms with Crippen molar-refractivity contribution in [3.63, 3.8) is 0 Å². The van der Waals surface area contributed by atoms with Crippen LogP contribution in [0.1, 0.15) is 16.9 Å². The molecule has 0 spiro atoms. The van der Waals surface area contributed by atoms with Crippen LogP contribution in [0.2, 0.25) is 0 Å². The molecule has 0 atom stereocenters. The maximum absolute atomic E-state index is 8.75. The third kappa shape index (κ3) is 4.04. The zero-order valence-corrected chi connectivity index (χ0v) is 12.9. The summed E-state index contributed by atoms with van der Waals surface area (Å²) in [7, 11) is 0. The first-order valence-corrected chi connectivity index (χ1v) is 8.37. The smallest absolute Gasteiger partial charge is 0.133 e. The van der Waals surface area contributed by atoms with Gasteiger partial charge in [0.1, 0.15) is 12.4 Å². The maximum Gasteiger partial charge on any atom is 0.133 e. The summed E-state index contributed by atoms with van der Waals surface area (Å²) >= 11 is 3.32. The highest BCUT2D eigenvalue weighted by Gasteiger charge is 2.05. The van der Waals surface area contributed by atoms with E-state index in [9.17, 15) is 0 Å². The summed E-state index contributed by atoms with van der Waals surface area (Å²) in [5, 5.41) is 10.8. The van der Waals surface area contributed by atoms with E-state index in [0.29, 0.717) is 13.0 Å². The molecule has 20 heavy (non-hydrogen) atoms. The van der Waals surface area contributed by atoms with Gasteiger partial charge < -0.3 is 9.84 Å². The first-order chi connectivity index (χ1) is 9.85. The van der Waals surface area contributed by atoms with Gasteiger partial charge in [0.2, 0.25) is 0 Å². The quantitative estimate of drug-likeness (QED) is 0.673. The molecule has 0 aliphatic rings. The van der Waals surface area contributed by atoms with E-state index in [0.717, 1.165) is 21.1 Å². The van der Waals surface area contributed by atoms with Crippen molar-refractivity contribution in [3.05, 3.63) is 46.2 Å². The molecule has 1 heterocycles.